The van der Waals surface area contributed by atoms with Crippen LogP contribution < -0.4 is 4.74 Å². The first kappa shape index (κ1) is 43.7. The van der Waals surface area contributed by atoms with Gasteiger partial charge in [0.15, 0.2) is 30.8 Å². The molecule has 328 valence electrons. The number of hydrogen-bond donors (Lipinski definition) is 0. The predicted molar refractivity (Wildman–Crippen MR) is 211 cm³/mol. The topological polar surface area (TPSA) is 199 Å². The Kier molecular flexibility index (Phi) is 12.8. The maximum atomic E-state index is 12.3. The van der Waals surface area contributed by atoms with Gasteiger partial charge in [0.25, 0.3) is 0 Å². The van der Waals surface area contributed by atoms with Crippen molar-refractivity contribution in [3.8, 4) is 5.75 Å². The molecule has 0 spiro atoms. The van der Waals surface area contributed by atoms with Crippen LogP contribution in [-0.4, -0.2) is 95.2 Å². The standard InChI is InChI=1S/C44H53N3O14/c1-24-8-15-35-43(6,33(24)14-11-29-17-19-53-41(29)52)18-16-36-44(35,7)23-56-42(61-36)30-9-12-32(13-10-30)55-21-31-20-47(46-45-31)40-39(59-28(5)51)38(58-27(4)50)37(57-26(3)49)34(60-40)22-54-25(2)48/h9-14,17,20,33-40,42H,1,8,15-16,18-19,21-23H2,2-7H3/b14-11+/t33-,34?,35+,36?,37+,38?,39?,40?,42?,43+,44+/m1/s1. The SMILES string of the molecule is C=C1CC[C@H]2[C@@](C)(CCC3OC(c4ccc(OCc5cn(C6OC(COC(C)=O)[C@H](OC(C)=O)C(OC(C)=O)C6OC(C)=O)nn5)cc4)OC[C@]32C)[C@@H]1/C=C/C1=CCOC1=O. The molecule has 17 nitrogen and oxygen atoms in total. The predicted octanol–water partition coefficient (Wildman–Crippen LogP) is 4.95. The Hall–Kier alpha value is -5.39. The van der Waals surface area contributed by atoms with Crippen LogP contribution in [0.25, 0.3) is 0 Å². The molecular weight excluding hydrogens is 794 g/mol. The lowest BCUT2D eigenvalue weighted by Crippen LogP contribution is -2.60. The number of allylic oxidation sites excluding steroid dienone is 2. The minimum absolute atomic E-state index is 0.00578. The minimum Gasteiger partial charge on any atom is -0.487 e. The molecule has 0 bridgehead atoms. The van der Waals surface area contributed by atoms with Crippen molar-refractivity contribution in [3.63, 3.8) is 0 Å². The highest BCUT2D eigenvalue weighted by Gasteiger charge is 2.60. The van der Waals surface area contributed by atoms with E-state index in [-0.39, 0.29) is 42.0 Å². The third-order valence-electron chi connectivity index (χ3n) is 12.6. The smallest absolute Gasteiger partial charge is 0.338 e. The summed E-state index contributed by atoms with van der Waals surface area (Å²) in [6, 6.07) is 7.43. The Morgan fingerprint density at radius 1 is 0.918 bits per heavy atom. The van der Waals surface area contributed by atoms with Gasteiger partial charge in [-0.25, -0.2) is 9.48 Å². The van der Waals surface area contributed by atoms with E-state index in [1.165, 1.54) is 23.4 Å². The highest BCUT2D eigenvalue weighted by atomic mass is 16.7. The van der Waals surface area contributed by atoms with E-state index in [0.29, 0.717) is 36.1 Å². The van der Waals surface area contributed by atoms with Crippen molar-refractivity contribution in [2.24, 2.45) is 22.7 Å². The van der Waals surface area contributed by atoms with E-state index >= 15 is 0 Å². The zero-order chi connectivity index (χ0) is 43.6. The lowest BCUT2D eigenvalue weighted by Gasteiger charge is -2.62. The number of carbonyl (C=O) groups excluding carboxylic acids is 5. The van der Waals surface area contributed by atoms with E-state index in [1.807, 2.05) is 36.4 Å². The number of ether oxygens (including phenoxy) is 9. The molecule has 61 heavy (non-hydrogen) atoms. The molecular formula is C44H53N3O14. The van der Waals surface area contributed by atoms with Gasteiger partial charge in [-0.1, -0.05) is 55.5 Å². The molecule has 4 heterocycles. The summed E-state index contributed by atoms with van der Waals surface area (Å²) < 4.78 is 53.5. The molecule has 7 rings (SSSR count). The van der Waals surface area contributed by atoms with E-state index in [9.17, 15) is 24.0 Å². The number of rotatable bonds is 12. The van der Waals surface area contributed by atoms with Crippen molar-refractivity contribution in [2.75, 3.05) is 19.8 Å². The lowest BCUT2D eigenvalue weighted by molar-refractivity contribution is -0.306. The summed E-state index contributed by atoms with van der Waals surface area (Å²) in [6.07, 6.45) is 4.17. The van der Waals surface area contributed by atoms with Gasteiger partial charge in [-0.05, 0) is 55.2 Å². The first-order valence-electron chi connectivity index (χ1n) is 20.5. The van der Waals surface area contributed by atoms with Gasteiger partial charge in [-0.15, -0.1) is 5.10 Å². The van der Waals surface area contributed by atoms with Crippen LogP contribution in [0, 0.1) is 22.7 Å². The number of nitrogens with zero attached hydrogens (tertiary/aromatic N) is 3. The van der Waals surface area contributed by atoms with E-state index in [1.54, 1.807) is 0 Å². The van der Waals surface area contributed by atoms with Crippen molar-refractivity contribution in [3.05, 3.63) is 77.7 Å². The first-order chi connectivity index (χ1) is 29.0. The normalized spacial score (nSPS) is 33.4. The Balaban J connectivity index is 0.997. The van der Waals surface area contributed by atoms with Gasteiger partial charge < -0.3 is 42.6 Å². The second-order valence-corrected chi connectivity index (χ2v) is 16.8. The molecule has 1 aromatic carbocycles. The van der Waals surface area contributed by atoms with Gasteiger partial charge in [-0.3, -0.25) is 19.2 Å². The van der Waals surface area contributed by atoms with Crippen molar-refractivity contribution >= 4 is 29.8 Å². The maximum absolute atomic E-state index is 12.3. The average Bonchev–Trinajstić information content (AvgIpc) is 3.85. The van der Waals surface area contributed by atoms with Crippen molar-refractivity contribution in [1.82, 2.24) is 15.0 Å². The molecule has 2 aromatic rings. The summed E-state index contributed by atoms with van der Waals surface area (Å²) in [7, 11) is 0. The van der Waals surface area contributed by atoms with Crippen molar-refractivity contribution in [1.29, 1.82) is 0 Å². The molecule has 2 saturated carbocycles. The van der Waals surface area contributed by atoms with Crippen LogP contribution in [-0.2, 0) is 68.5 Å². The van der Waals surface area contributed by atoms with Gasteiger partial charge in [-0.2, -0.15) is 0 Å². The van der Waals surface area contributed by atoms with Crippen LogP contribution in [0.3, 0.4) is 0 Å². The summed E-state index contributed by atoms with van der Waals surface area (Å²) in [5, 5.41) is 8.37. The van der Waals surface area contributed by atoms with Crippen molar-refractivity contribution in [2.45, 2.75) is 117 Å². The molecule has 6 unspecified atom stereocenters. The number of aromatic nitrogens is 3. The number of benzene rings is 1. The fourth-order valence-electron chi connectivity index (χ4n) is 9.81. The Labute approximate surface area is 353 Å². The quantitative estimate of drug-likeness (QED) is 0.158. The number of esters is 5. The molecule has 0 amide bonds. The summed E-state index contributed by atoms with van der Waals surface area (Å²) in [6.45, 7) is 14.2. The highest BCUT2D eigenvalue weighted by Crippen LogP contribution is 2.63. The number of fused-ring (bicyclic) bond motifs is 3. The molecule has 3 aliphatic heterocycles. The van der Waals surface area contributed by atoms with E-state index in [2.05, 4.69) is 36.8 Å². The highest BCUT2D eigenvalue weighted by molar-refractivity contribution is 5.93. The first-order valence-corrected chi connectivity index (χ1v) is 20.5. The minimum atomic E-state index is -1.35. The van der Waals surface area contributed by atoms with Crippen LogP contribution >= 0.6 is 0 Å². The Bertz CT molecular complexity index is 2080. The second kappa shape index (κ2) is 17.9. The molecule has 5 aliphatic rings. The summed E-state index contributed by atoms with van der Waals surface area (Å²) in [5.74, 6) is -2.13. The third-order valence-corrected chi connectivity index (χ3v) is 12.6. The van der Waals surface area contributed by atoms with Crippen LogP contribution in [0.15, 0.2) is 66.4 Å². The Morgan fingerprint density at radius 3 is 2.30 bits per heavy atom. The number of carbonyl (C=O) groups is 5. The molecule has 0 radical (unpaired) electrons. The lowest BCUT2D eigenvalue weighted by atomic mass is 9.46. The average molecular weight is 848 g/mol. The fraction of sp³-hybridized carbons (Fsp3) is 0.568. The maximum Gasteiger partial charge on any atom is 0.338 e. The zero-order valence-electron chi connectivity index (χ0n) is 35.2. The molecule has 17 heteroatoms. The van der Waals surface area contributed by atoms with Crippen LogP contribution in [0.2, 0.25) is 0 Å². The molecule has 2 saturated heterocycles. The van der Waals surface area contributed by atoms with Crippen molar-refractivity contribution < 1.29 is 66.6 Å². The van der Waals surface area contributed by atoms with E-state index in [4.69, 9.17) is 42.6 Å². The largest absolute Gasteiger partial charge is 0.487 e. The molecule has 2 aliphatic carbocycles. The van der Waals surface area contributed by atoms with Crippen LogP contribution in [0.4, 0.5) is 0 Å². The summed E-state index contributed by atoms with van der Waals surface area (Å²) >= 11 is 0. The van der Waals surface area contributed by atoms with Crippen LogP contribution in [0.1, 0.15) is 91.0 Å². The van der Waals surface area contributed by atoms with Gasteiger partial charge in [0, 0.05) is 44.6 Å². The molecule has 11 atom stereocenters. The molecule has 1 aromatic heterocycles. The zero-order valence-corrected chi connectivity index (χ0v) is 35.2. The van der Waals surface area contributed by atoms with E-state index in [0.717, 1.165) is 52.0 Å². The second-order valence-electron chi connectivity index (χ2n) is 16.8. The van der Waals surface area contributed by atoms with Gasteiger partial charge in [0.2, 0.25) is 0 Å². The van der Waals surface area contributed by atoms with Gasteiger partial charge in [0.1, 0.15) is 37.4 Å². The number of hydrogen-bond acceptors (Lipinski definition) is 16. The number of cyclic esters (lactones) is 1. The summed E-state index contributed by atoms with van der Waals surface area (Å²) in [5.41, 5.74) is 2.74. The van der Waals surface area contributed by atoms with Gasteiger partial charge >= 0.3 is 29.8 Å². The Morgan fingerprint density at radius 2 is 1.62 bits per heavy atom. The molecule has 0 N–H and O–H groups in total. The fourth-order valence-corrected chi connectivity index (χ4v) is 9.81. The van der Waals surface area contributed by atoms with E-state index < -0.39 is 60.8 Å². The van der Waals surface area contributed by atoms with Gasteiger partial charge in [0.05, 0.1) is 24.5 Å². The third kappa shape index (κ3) is 9.28. The monoisotopic (exact) mass is 847 g/mol. The van der Waals surface area contributed by atoms with Crippen LogP contribution in [0.5, 0.6) is 5.75 Å². The molecule has 4 fully saturated rings. The summed E-state index contributed by atoms with van der Waals surface area (Å²) in [4.78, 5) is 60.4.